The second-order valence-corrected chi connectivity index (χ2v) is 3.78. The minimum Gasteiger partial charge on any atom is -0.493 e. The van der Waals surface area contributed by atoms with E-state index in [0.717, 1.165) is 0 Å². The molecule has 1 amide bonds. The van der Waals surface area contributed by atoms with Crippen molar-refractivity contribution in [3.05, 3.63) is 42.2 Å². The maximum atomic E-state index is 12.6. The molecular formula is C14H16FNO4. The summed E-state index contributed by atoms with van der Waals surface area (Å²) in [5, 5.41) is 2.58. The van der Waals surface area contributed by atoms with Gasteiger partial charge in [-0.25, -0.2) is 9.18 Å². The van der Waals surface area contributed by atoms with Crippen LogP contribution in [0.1, 0.15) is 6.42 Å². The summed E-state index contributed by atoms with van der Waals surface area (Å²) in [6, 6.07) is 5.55. The molecule has 0 fully saturated rings. The first-order valence-electron chi connectivity index (χ1n) is 6.01. The molecule has 0 aliphatic heterocycles. The summed E-state index contributed by atoms with van der Waals surface area (Å²) in [6.07, 6.45) is 2.89. The molecule has 6 heteroatoms. The molecule has 0 heterocycles. The van der Waals surface area contributed by atoms with Crippen molar-refractivity contribution in [3.63, 3.8) is 0 Å². The first-order valence-corrected chi connectivity index (χ1v) is 6.01. The molecule has 1 N–H and O–H groups in total. The predicted octanol–water partition coefficient (Wildman–Crippen LogP) is 1.44. The summed E-state index contributed by atoms with van der Waals surface area (Å²) >= 11 is 0. The number of hydrogen-bond acceptors (Lipinski definition) is 4. The molecule has 0 unspecified atom stereocenters. The summed E-state index contributed by atoms with van der Waals surface area (Å²) < 4.78 is 22.3. The van der Waals surface area contributed by atoms with Crippen molar-refractivity contribution in [2.24, 2.45) is 0 Å². The van der Waals surface area contributed by atoms with Crippen LogP contribution in [0.15, 0.2) is 36.4 Å². The Balaban J connectivity index is 2.15. The van der Waals surface area contributed by atoms with Crippen molar-refractivity contribution in [2.45, 2.75) is 6.42 Å². The number of hydrogen-bond donors (Lipinski definition) is 1. The van der Waals surface area contributed by atoms with Gasteiger partial charge in [0, 0.05) is 12.6 Å². The number of methoxy groups -OCH3 is 1. The van der Waals surface area contributed by atoms with Crippen molar-refractivity contribution in [2.75, 3.05) is 20.3 Å². The monoisotopic (exact) mass is 281 g/mol. The van der Waals surface area contributed by atoms with Gasteiger partial charge in [-0.3, -0.25) is 4.79 Å². The lowest BCUT2D eigenvalue weighted by Crippen LogP contribution is -2.25. The topological polar surface area (TPSA) is 64.6 Å². The van der Waals surface area contributed by atoms with E-state index in [4.69, 9.17) is 4.74 Å². The SMILES string of the molecule is COC(=O)/C=C/CNC(=O)CCOc1ccc(F)cc1. The van der Waals surface area contributed by atoms with Crippen LogP contribution in [0.4, 0.5) is 4.39 Å². The normalized spacial score (nSPS) is 10.3. The van der Waals surface area contributed by atoms with Crippen molar-refractivity contribution in [3.8, 4) is 5.75 Å². The highest BCUT2D eigenvalue weighted by molar-refractivity contribution is 5.82. The van der Waals surface area contributed by atoms with E-state index in [1.807, 2.05) is 0 Å². The number of carbonyl (C=O) groups is 2. The van der Waals surface area contributed by atoms with E-state index < -0.39 is 5.97 Å². The van der Waals surface area contributed by atoms with Gasteiger partial charge in [-0.2, -0.15) is 0 Å². The smallest absolute Gasteiger partial charge is 0.330 e. The highest BCUT2D eigenvalue weighted by Gasteiger charge is 2.01. The minimum absolute atomic E-state index is 0.170. The van der Waals surface area contributed by atoms with Crippen LogP contribution in [0, 0.1) is 5.82 Å². The average molecular weight is 281 g/mol. The third kappa shape index (κ3) is 6.53. The molecule has 0 aliphatic rings. The molecule has 0 aliphatic carbocycles. The molecule has 0 spiro atoms. The first kappa shape index (κ1) is 15.7. The van der Waals surface area contributed by atoms with Gasteiger partial charge in [-0.1, -0.05) is 6.08 Å². The Labute approximate surface area is 116 Å². The molecule has 0 aromatic heterocycles. The summed E-state index contributed by atoms with van der Waals surface area (Å²) in [4.78, 5) is 22.1. The summed E-state index contributed by atoms with van der Waals surface area (Å²) in [7, 11) is 1.28. The van der Waals surface area contributed by atoms with Crippen LogP contribution < -0.4 is 10.1 Å². The van der Waals surface area contributed by atoms with Crippen molar-refractivity contribution < 1.29 is 23.5 Å². The fourth-order valence-electron chi connectivity index (χ4n) is 1.28. The van der Waals surface area contributed by atoms with E-state index in [1.165, 1.54) is 43.5 Å². The summed E-state index contributed by atoms with van der Waals surface area (Å²) in [6.45, 7) is 0.433. The number of carbonyl (C=O) groups excluding carboxylic acids is 2. The second kappa shape index (κ2) is 8.68. The number of ether oxygens (including phenoxy) is 2. The lowest BCUT2D eigenvalue weighted by Gasteiger charge is -2.06. The Morgan fingerprint density at radius 2 is 2.00 bits per heavy atom. The third-order valence-corrected chi connectivity index (χ3v) is 2.28. The fraction of sp³-hybridized carbons (Fsp3) is 0.286. The zero-order valence-electron chi connectivity index (χ0n) is 11.1. The van der Waals surface area contributed by atoms with E-state index in [0.29, 0.717) is 5.75 Å². The average Bonchev–Trinajstić information content (AvgIpc) is 2.45. The van der Waals surface area contributed by atoms with Gasteiger partial charge in [0.1, 0.15) is 11.6 Å². The van der Waals surface area contributed by atoms with Crippen molar-refractivity contribution in [1.82, 2.24) is 5.32 Å². The molecule has 1 rings (SSSR count). The quantitative estimate of drug-likeness (QED) is 0.606. The largest absolute Gasteiger partial charge is 0.493 e. The lowest BCUT2D eigenvalue weighted by molar-refractivity contribution is -0.134. The van der Waals surface area contributed by atoms with Crippen molar-refractivity contribution in [1.29, 1.82) is 0 Å². The highest BCUT2D eigenvalue weighted by atomic mass is 19.1. The van der Waals surface area contributed by atoms with Gasteiger partial charge in [0.05, 0.1) is 20.1 Å². The summed E-state index contributed by atoms with van der Waals surface area (Å²) in [5.74, 6) is -0.516. The molecule has 108 valence electrons. The lowest BCUT2D eigenvalue weighted by atomic mass is 10.3. The molecule has 0 saturated carbocycles. The molecule has 0 bridgehead atoms. The molecule has 5 nitrogen and oxygen atoms in total. The second-order valence-electron chi connectivity index (χ2n) is 3.78. The van der Waals surface area contributed by atoms with E-state index in [9.17, 15) is 14.0 Å². The van der Waals surface area contributed by atoms with Gasteiger partial charge in [0.2, 0.25) is 5.91 Å². The first-order chi connectivity index (χ1) is 9.61. The van der Waals surface area contributed by atoms with E-state index in [-0.39, 0.29) is 31.3 Å². The standard InChI is InChI=1S/C14H16FNO4/c1-19-14(18)3-2-9-16-13(17)8-10-20-12-6-4-11(15)5-7-12/h2-7H,8-10H2,1H3,(H,16,17)/b3-2+. The highest BCUT2D eigenvalue weighted by Crippen LogP contribution is 2.10. The Morgan fingerprint density at radius 3 is 2.65 bits per heavy atom. The number of benzene rings is 1. The van der Waals surface area contributed by atoms with E-state index in [1.54, 1.807) is 0 Å². The van der Waals surface area contributed by atoms with Gasteiger partial charge >= 0.3 is 5.97 Å². The maximum absolute atomic E-state index is 12.6. The van der Waals surface area contributed by atoms with Crippen LogP contribution in [0.5, 0.6) is 5.75 Å². The van der Waals surface area contributed by atoms with Crippen LogP contribution in [0.3, 0.4) is 0 Å². The zero-order valence-corrected chi connectivity index (χ0v) is 11.1. The van der Waals surface area contributed by atoms with Gasteiger partial charge in [0.15, 0.2) is 0 Å². The van der Waals surface area contributed by atoms with Gasteiger partial charge < -0.3 is 14.8 Å². The Morgan fingerprint density at radius 1 is 1.30 bits per heavy atom. The Kier molecular flexibility index (Phi) is 6.81. The van der Waals surface area contributed by atoms with Gasteiger partial charge in [-0.15, -0.1) is 0 Å². The minimum atomic E-state index is -0.473. The molecule has 1 aromatic rings. The molecule has 0 radical (unpaired) electrons. The predicted molar refractivity (Wildman–Crippen MR) is 70.7 cm³/mol. The maximum Gasteiger partial charge on any atom is 0.330 e. The number of rotatable bonds is 7. The van der Waals surface area contributed by atoms with Crippen LogP contribution in [-0.4, -0.2) is 32.1 Å². The van der Waals surface area contributed by atoms with Crippen LogP contribution in [0.2, 0.25) is 0 Å². The van der Waals surface area contributed by atoms with Crippen LogP contribution in [-0.2, 0) is 14.3 Å². The van der Waals surface area contributed by atoms with E-state index >= 15 is 0 Å². The van der Waals surface area contributed by atoms with Crippen LogP contribution >= 0.6 is 0 Å². The molecule has 0 atom stereocenters. The Bertz CT molecular complexity index is 471. The van der Waals surface area contributed by atoms with Crippen molar-refractivity contribution >= 4 is 11.9 Å². The van der Waals surface area contributed by atoms with E-state index in [2.05, 4.69) is 10.1 Å². The van der Waals surface area contributed by atoms with Gasteiger partial charge in [-0.05, 0) is 24.3 Å². The third-order valence-electron chi connectivity index (χ3n) is 2.28. The molecular weight excluding hydrogens is 265 g/mol. The fourth-order valence-corrected chi connectivity index (χ4v) is 1.28. The number of nitrogens with one attached hydrogen (secondary N) is 1. The molecule has 1 aromatic carbocycles. The number of amides is 1. The zero-order chi connectivity index (χ0) is 14.8. The molecule has 0 saturated heterocycles. The summed E-state index contributed by atoms with van der Waals surface area (Å²) in [5.41, 5.74) is 0. The number of esters is 1. The van der Waals surface area contributed by atoms with Gasteiger partial charge in [0.25, 0.3) is 0 Å². The Hall–Kier alpha value is -2.37. The van der Waals surface area contributed by atoms with Crippen LogP contribution in [0.25, 0.3) is 0 Å². The number of halogens is 1. The molecule has 20 heavy (non-hydrogen) atoms.